The lowest BCUT2D eigenvalue weighted by atomic mass is 10.1. The molecule has 0 N–H and O–H groups in total. The van der Waals surface area contributed by atoms with Gasteiger partial charge in [0.25, 0.3) is 0 Å². The van der Waals surface area contributed by atoms with Crippen LogP contribution < -0.4 is 0 Å². The Balaban J connectivity index is 2.36. The smallest absolute Gasteiger partial charge is 0.131 e. The minimum Gasteiger partial charge on any atom is -0.287 e. The number of halogens is 1. The maximum absolute atomic E-state index is 13.7. The molecule has 1 aromatic carbocycles. The van der Waals surface area contributed by atoms with E-state index in [0.717, 1.165) is 11.1 Å². The van der Waals surface area contributed by atoms with Crippen LogP contribution in [-0.4, -0.2) is 11.8 Å². The van der Waals surface area contributed by atoms with Gasteiger partial charge >= 0.3 is 0 Å². The van der Waals surface area contributed by atoms with Crippen molar-refractivity contribution >= 4 is 17.6 Å². The summed E-state index contributed by atoms with van der Waals surface area (Å²) in [7, 11) is 0. The highest BCUT2D eigenvalue weighted by molar-refractivity contribution is 7.08. The summed E-state index contributed by atoms with van der Waals surface area (Å²) in [5.41, 5.74) is 2.48. The van der Waals surface area contributed by atoms with Crippen molar-refractivity contribution in [3.05, 3.63) is 46.4 Å². The Hall–Kier alpha value is -1.48. The number of rotatable bonds is 2. The summed E-state index contributed by atoms with van der Waals surface area (Å²) >= 11 is 1.63. The largest absolute Gasteiger partial charge is 0.287 e. The van der Waals surface area contributed by atoms with Crippen LogP contribution in [0, 0.1) is 5.82 Å². The van der Waals surface area contributed by atoms with Crippen LogP contribution in [0.3, 0.4) is 0 Å². The molecule has 0 radical (unpaired) electrons. The zero-order valence-electron chi connectivity index (χ0n) is 10.8. The maximum Gasteiger partial charge on any atom is 0.131 e. The molecule has 0 fully saturated rings. The second-order valence-corrected chi connectivity index (χ2v) is 5.96. The second kappa shape index (κ2) is 5.02. The first kappa shape index (κ1) is 13.0. The van der Waals surface area contributed by atoms with E-state index in [0.29, 0.717) is 5.56 Å². The van der Waals surface area contributed by atoms with Crippen LogP contribution in [-0.2, 0) is 0 Å². The Morgan fingerprint density at radius 3 is 2.56 bits per heavy atom. The molecule has 0 aliphatic rings. The minimum absolute atomic E-state index is 0.190. The third-order valence-electron chi connectivity index (χ3n) is 2.44. The van der Waals surface area contributed by atoms with E-state index in [9.17, 15) is 4.39 Å². The van der Waals surface area contributed by atoms with Crippen molar-refractivity contribution in [2.75, 3.05) is 0 Å². The van der Waals surface area contributed by atoms with Gasteiger partial charge in [-0.1, -0.05) is 6.07 Å². The van der Waals surface area contributed by atoms with Crippen molar-refractivity contribution in [3.63, 3.8) is 0 Å². The van der Waals surface area contributed by atoms with Crippen molar-refractivity contribution in [2.24, 2.45) is 4.99 Å². The molecule has 0 unspecified atom stereocenters. The first-order chi connectivity index (χ1) is 8.46. The molecule has 0 spiro atoms. The van der Waals surface area contributed by atoms with Crippen molar-refractivity contribution in [2.45, 2.75) is 26.3 Å². The molecule has 1 heterocycles. The van der Waals surface area contributed by atoms with Gasteiger partial charge in [0.15, 0.2) is 0 Å². The van der Waals surface area contributed by atoms with Gasteiger partial charge in [0, 0.05) is 11.8 Å². The molecular weight excluding hydrogens is 245 g/mol. The fraction of sp³-hybridized carbons (Fsp3) is 0.267. The van der Waals surface area contributed by atoms with Crippen LogP contribution in [0.4, 0.5) is 4.39 Å². The SMILES string of the molecule is CC(C)(C)N=Cc1cc(-c2ccsc2)ccc1F. The van der Waals surface area contributed by atoms with E-state index in [1.165, 1.54) is 6.07 Å². The molecule has 0 saturated carbocycles. The molecule has 0 atom stereocenters. The number of hydrogen-bond donors (Lipinski definition) is 0. The topological polar surface area (TPSA) is 12.4 Å². The molecule has 2 aromatic rings. The molecule has 3 heteroatoms. The van der Waals surface area contributed by atoms with Crippen LogP contribution in [0.2, 0.25) is 0 Å². The number of thiophene rings is 1. The summed E-state index contributed by atoms with van der Waals surface area (Å²) in [4.78, 5) is 4.35. The molecular formula is C15H16FNS. The fourth-order valence-corrected chi connectivity index (χ4v) is 2.18. The molecule has 18 heavy (non-hydrogen) atoms. The molecule has 0 saturated heterocycles. The normalized spacial score (nSPS) is 12.2. The van der Waals surface area contributed by atoms with Crippen LogP contribution in [0.1, 0.15) is 26.3 Å². The quantitative estimate of drug-likeness (QED) is 0.690. The maximum atomic E-state index is 13.7. The van der Waals surface area contributed by atoms with E-state index >= 15 is 0 Å². The Bertz CT molecular complexity index is 550. The standard InChI is InChI=1S/C15H16FNS/c1-15(2,3)17-9-13-8-11(4-5-14(13)16)12-6-7-18-10-12/h4-10H,1-3H3. The van der Waals surface area contributed by atoms with E-state index < -0.39 is 0 Å². The first-order valence-electron chi connectivity index (χ1n) is 5.83. The van der Waals surface area contributed by atoms with Gasteiger partial charge in [0.2, 0.25) is 0 Å². The van der Waals surface area contributed by atoms with E-state index in [1.807, 2.05) is 38.3 Å². The Labute approximate surface area is 111 Å². The van der Waals surface area contributed by atoms with Crippen molar-refractivity contribution in [1.82, 2.24) is 0 Å². The third-order valence-corrected chi connectivity index (χ3v) is 3.12. The predicted octanol–water partition coefficient (Wildman–Crippen LogP) is 4.77. The van der Waals surface area contributed by atoms with Gasteiger partial charge in [-0.15, -0.1) is 0 Å². The first-order valence-corrected chi connectivity index (χ1v) is 6.77. The van der Waals surface area contributed by atoms with Crippen molar-refractivity contribution < 1.29 is 4.39 Å². The summed E-state index contributed by atoms with van der Waals surface area (Å²) in [5, 5.41) is 4.07. The number of aliphatic imine (C=N–C) groups is 1. The predicted molar refractivity (Wildman–Crippen MR) is 77.1 cm³/mol. The van der Waals surface area contributed by atoms with Gasteiger partial charge < -0.3 is 0 Å². The Kier molecular flexibility index (Phi) is 3.62. The third kappa shape index (κ3) is 3.26. The van der Waals surface area contributed by atoms with Gasteiger partial charge in [0.1, 0.15) is 5.82 Å². The summed E-state index contributed by atoms with van der Waals surface area (Å²) in [6.45, 7) is 5.97. The Morgan fingerprint density at radius 2 is 1.94 bits per heavy atom. The zero-order valence-corrected chi connectivity index (χ0v) is 11.6. The average molecular weight is 261 g/mol. The van der Waals surface area contributed by atoms with E-state index in [4.69, 9.17) is 0 Å². The van der Waals surface area contributed by atoms with Crippen LogP contribution in [0.15, 0.2) is 40.0 Å². The number of benzene rings is 1. The van der Waals surface area contributed by atoms with Crippen LogP contribution in [0.25, 0.3) is 11.1 Å². The summed E-state index contributed by atoms with van der Waals surface area (Å²) in [5.74, 6) is -0.234. The molecule has 94 valence electrons. The molecule has 1 nitrogen and oxygen atoms in total. The van der Waals surface area contributed by atoms with Gasteiger partial charge in [0.05, 0.1) is 5.54 Å². The highest BCUT2D eigenvalue weighted by Gasteiger charge is 2.07. The highest BCUT2D eigenvalue weighted by Crippen LogP contribution is 2.24. The fourth-order valence-electron chi connectivity index (χ4n) is 1.51. The Morgan fingerprint density at radius 1 is 1.17 bits per heavy atom. The van der Waals surface area contributed by atoms with Gasteiger partial charge in [-0.2, -0.15) is 11.3 Å². The molecule has 1 aromatic heterocycles. The lowest BCUT2D eigenvalue weighted by molar-refractivity contribution is 0.585. The molecule has 0 aliphatic heterocycles. The lowest BCUT2D eigenvalue weighted by Crippen LogP contribution is -2.10. The van der Waals surface area contributed by atoms with Crippen LogP contribution in [0.5, 0.6) is 0 Å². The van der Waals surface area contributed by atoms with Crippen molar-refractivity contribution in [1.29, 1.82) is 0 Å². The van der Waals surface area contributed by atoms with Crippen LogP contribution >= 0.6 is 11.3 Å². The summed E-state index contributed by atoms with van der Waals surface area (Å²) in [6, 6.07) is 7.16. The lowest BCUT2D eigenvalue weighted by Gasteiger charge is -2.11. The summed E-state index contributed by atoms with van der Waals surface area (Å²) < 4.78 is 13.7. The van der Waals surface area contributed by atoms with Gasteiger partial charge in [-0.3, -0.25) is 4.99 Å². The molecule has 0 bridgehead atoms. The molecule has 0 amide bonds. The van der Waals surface area contributed by atoms with Gasteiger partial charge in [-0.25, -0.2) is 4.39 Å². The highest BCUT2D eigenvalue weighted by atomic mass is 32.1. The molecule has 2 rings (SSSR count). The monoisotopic (exact) mass is 261 g/mol. The van der Waals surface area contributed by atoms with E-state index in [-0.39, 0.29) is 11.4 Å². The molecule has 0 aliphatic carbocycles. The van der Waals surface area contributed by atoms with Crippen molar-refractivity contribution in [3.8, 4) is 11.1 Å². The van der Waals surface area contributed by atoms with E-state index in [2.05, 4.69) is 10.4 Å². The zero-order chi connectivity index (χ0) is 13.2. The number of hydrogen-bond acceptors (Lipinski definition) is 2. The second-order valence-electron chi connectivity index (χ2n) is 5.18. The van der Waals surface area contributed by atoms with Gasteiger partial charge in [-0.05, 0) is 60.9 Å². The number of nitrogens with zero attached hydrogens (tertiary/aromatic N) is 1. The minimum atomic E-state index is -0.234. The average Bonchev–Trinajstić information content (AvgIpc) is 2.80. The van der Waals surface area contributed by atoms with E-state index in [1.54, 1.807) is 23.6 Å². The summed E-state index contributed by atoms with van der Waals surface area (Å²) in [6.07, 6.45) is 1.62.